The van der Waals surface area contributed by atoms with E-state index in [0.29, 0.717) is 19.3 Å². The molecule has 0 aliphatic carbocycles. The van der Waals surface area contributed by atoms with Crippen LogP contribution in [0.3, 0.4) is 0 Å². The van der Waals surface area contributed by atoms with E-state index in [1.54, 1.807) is 0 Å². The molecule has 6 heteroatoms. The van der Waals surface area contributed by atoms with E-state index in [2.05, 4.69) is 130 Å². The summed E-state index contributed by atoms with van der Waals surface area (Å²) in [7, 11) is 0. The van der Waals surface area contributed by atoms with Gasteiger partial charge in [-0.1, -0.05) is 271 Å². The number of hydrogen-bond donors (Lipinski definition) is 0. The lowest BCUT2D eigenvalue weighted by Gasteiger charge is -2.18. The molecule has 0 fully saturated rings. The van der Waals surface area contributed by atoms with Crippen molar-refractivity contribution in [3.05, 3.63) is 109 Å². The number of carbonyl (C=O) groups is 3. The van der Waals surface area contributed by atoms with Gasteiger partial charge in [-0.3, -0.25) is 14.4 Å². The highest BCUT2D eigenvalue weighted by molar-refractivity contribution is 5.71. The number of esters is 3. The minimum Gasteiger partial charge on any atom is -0.462 e. The van der Waals surface area contributed by atoms with Gasteiger partial charge >= 0.3 is 17.9 Å². The summed E-state index contributed by atoms with van der Waals surface area (Å²) in [6, 6.07) is 0. The molecule has 0 aliphatic rings. The van der Waals surface area contributed by atoms with Crippen molar-refractivity contribution in [2.75, 3.05) is 13.2 Å². The molecule has 78 heavy (non-hydrogen) atoms. The van der Waals surface area contributed by atoms with Crippen LogP contribution in [0.5, 0.6) is 0 Å². The molecule has 0 saturated heterocycles. The molecular weight excluding hydrogens is 961 g/mol. The van der Waals surface area contributed by atoms with Crippen LogP contribution in [0, 0.1) is 0 Å². The number of rotatable bonds is 59. The van der Waals surface area contributed by atoms with Crippen LogP contribution in [-0.2, 0) is 28.6 Å². The molecule has 0 bridgehead atoms. The van der Waals surface area contributed by atoms with Crippen molar-refractivity contribution in [3.8, 4) is 0 Å². The Hall–Kier alpha value is -3.93. The fourth-order valence-electron chi connectivity index (χ4n) is 9.06. The maximum Gasteiger partial charge on any atom is 0.306 e. The van der Waals surface area contributed by atoms with Crippen molar-refractivity contribution in [3.63, 3.8) is 0 Å². The van der Waals surface area contributed by atoms with Crippen LogP contribution in [0.25, 0.3) is 0 Å². The van der Waals surface area contributed by atoms with Gasteiger partial charge in [0.15, 0.2) is 6.10 Å². The van der Waals surface area contributed by atoms with E-state index < -0.39 is 6.10 Å². The van der Waals surface area contributed by atoms with Gasteiger partial charge in [-0.15, -0.1) is 0 Å². The molecule has 0 rings (SSSR count). The van der Waals surface area contributed by atoms with E-state index in [9.17, 15) is 14.4 Å². The number of ether oxygens (including phenoxy) is 3. The van der Waals surface area contributed by atoms with Crippen LogP contribution in [0.2, 0.25) is 0 Å². The van der Waals surface area contributed by atoms with Gasteiger partial charge in [-0.05, 0) is 128 Å². The van der Waals surface area contributed by atoms with E-state index in [4.69, 9.17) is 14.2 Å². The first-order valence-electron chi connectivity index (χ1n) is 32.9. The van der Waals surface area contributed by atoms with Crippen LogP contribution in [0.1, 0.15) is 310 Å². The Labute approximate surface area is 482 Å². The number of carbonyl (C=O) groups excluding carboxylic acids is 3. The van der Waals surface area contributed by atoms with Gasteiger partial charge in [0, 0.05) is 19.3 Å². The molecule has 446 valence electrons. The summed E-state index contributed by atoms with van der Waals surface area (Å²) < 4.78 is 17.0. The summed E-state index contributed by atoms with van der Waals surface area (Å²) >= 11 is 0. The Kier molecular flexibility index (Phi) is 62.3. The molecule has 0 spiro atoms. The average Bonchev–Trinajstić information content (AvgIpc) is 3.44. The van der Waals surface area contributed by atoms with E-state index >= 15 is 0 Å². The van der Waals surface area contributed by atoms with E-state index in [1.807, 2.05) is 0 Å². The SMILES string of the molecule is CC/C=C\C/C=C\C/C=C\C/C=C\C/C=C\CCCCCCCCCC(=O)OCC(COC(=O)CCCCCCCCC/C=C\C/C=C\CCCCCC)OC(=O)CCCCCCCCCCC/C=C\C/C=C\CCCCC. The van der Waals surface area contributed by atoms with Crippen molar-refractivity contribution in [1.82, 2.24) is 0 Å². The summed E-state index contributed by atoms with van der Waals surface area (Å²) in [5.74, 6) is -0.901. The predicted octanol–water partition coefficient (Wildman–Crippen LogP) is 22.6. The molecule has 0 aliphatic heterocycles. The third-order valence-electron chi connectivity index (χ3n) is 14.0. The standard InChI is InChI=1S/C72H122O6/c1-4-7-10-13-16-19-22-25-28-31-34-35-36-37-39-41-44-47-50-53-56-59-62-65-71(74)77-68-69(67-76-70(73)64-61-58-55-52-49-46-43-40-33-30-27-24-21-18-15-12-9-6-3)78-72(75)66-63-60-57-54-51-48-45-42-38-32-29-26-23-20-17-14-11-8-5-2/h7,10,16-17,19-21,24-26,28-30,33-35,37,39,69H,4-6,8-9,11-15,18,22-23,27,31-32,36,38,40-68H2,1-3H3/b10-7-,19-16-,20-17-,24-21-,28-25-,29-26-,33-30-,35-34-,39-37-. The Morgan fingerprint density at radius 2 is 0.500 bits per heavy atom. The zero-order valence-corrected chi connectivity index (χ0v) is 51.2. The van der Waals surface area contributed by atoms with Crippen molar-refractivity contribution in [2.24, 2.45) is 0 Å². The highest BCUT2D eigenvalue weighted by Crippen LogP contribution is 2.16. The first kappa shape index (κ1) is 74.1. The normalized spacial score (nSPS) is 12.8. The number of unbranched alkanes of at least 4 members (excludes halogenated alkanes) is 30. The van der Waals surface area contributed by atoms with Gasteiger partial charge in [0.1, 0.15) is 13.2 Å². The molecule has 0 saturated carbocycles. The topological polar surface area (TPSA) is 78.9 Å². The van der Waals surface area contributed by atoms with Crippen LogP contribution >= 0.6 is 0 Å². The highest BCUT2D eigenvalue weighted by atomic mass is 16.6. The third-order valence-corrected chi connectivity index (χ3v) is 14.0. The van der Waals surface area contributed by atoms with Gasteiger partial charge in [0.25, 0.3) is 0 Å². The summed E-state index contributed by atoms with van der Waals surface area (Å²) in [5, 5.41) is 0. The van der Waals surface area contributed by atoms with E-state index in [0.717, 1.165) is 116 Å². The summed E-state index contributed by atoms with van der Waals surface area (Å²) in [5.41, 5.74) is 0. The van der Waals surface area contributed by atoms with Crippen LogP contribution < -0.4 is 0 Å². The fraction of sp³-hybridized carbons (Fsp3) is 0.708. The smallest absolute Gasteiger partial charge is 0.306 e. The minimum atomic E-state index is -0.792. The van der Waals surface area contributed by atoms with Gasteiger partial charge in [0.05, 0.1) is 0 Å². The lowest BCUT2D eigenvalue weighted by atomic mass is 10.1. The molecule has 0 aromatic rings. The maximum absolute atomic E-state index is 12.9. The molecule has 0 heterocycles. The first-order chi connectivity index (χ1) is 38.5. The average molecular weight is 1080 g/mol. The van der Waals surface area contributed by atoms with Crippen molar-refractivity contribution < 1.29 is 28.6 Å². The molecule has 0 aromatic carbocycles. The Bertz CT molecular complexity index is 1570. The lowest BCUT2D eigenvalue weighted by molar-refractivity contribution is -0.167. The molecular formula is C72H122O6. The van der Waals surface area contributed by atoms with Crippen LogP contribution in [-0.4, -0.2) is 37.2 Å². The quantitative estimate of drug-likeness (QED) is 0.0261. The highest BCUT2D eigenvalue weighted by Gasteiger charge is 2.19. The number of hydrogen-bond acceptors (Lipinski definition) is 6. The minimum absolute atomic E-state index is 0.0878. The maximum atomic E-state index is 12.9. The van der Waals surface area contributed by atoms with Gasteiger partial charge in [-0.2, -0.15) is 0 Å². The molecule has 0 aromatic heterocycles. The second-order valence-electron chi connectivity index (χ2n) is 21.6. The van der Waals surface area contributed by atoms with Gasteiger partial charge < -0.3 is 14.2 Å². The van der Waals surface area contributed by atoms with Crippen molar-refractivity contribution in [1.29, 1.82) is 0 Å². The zero-order valence-electron chi connectivity index (χ0n) is 51.2. The summed E-state index contributed by atoms with van der Waals surface area (Å²) in [6.45, 7) is 6.49. The fourth-order valence-corrected chi connectivity index (χ4v) is 9.06. The molecule has 0 radical (unpaired) electrons. The largest absolute Gasteiger partial charge is 0.462 e. The Morgan fingerprint density at radius 1 is 0.269 bits per heavy atom. The number of allylic oxidation sites excluding steroid dienone is 18. The first-order valence-corrected chi connectivity index (χ1v) is 32.9. The van der Waals surface area contributed by atoms with Gasteiger partial charge in [-0.25, -0.2) is 0 Å². The van der Waals surface area contributed by atoms with E-state index in [1.165, 1.54) is 154 Å². The molecule has 6 nitrogen and oxygen atoms in total. The Balaban J connectivity index is 4.43. The summed E-state index contributed by atoms with van der Waals surface area (Å²) in [6.07, 6.45) is 89.4. The molecule has 1 atom stereocenters. The molecule has 1 unspecified atom stereocenters. The second-order valence-corrected chi connectivity index (χ2v) is 21.6. The predicted molar refractivity (Wildman–Crippen MR) is 339 cm³/mol. The lowest BCUT2D eigenvalue weighted by Crippen LogP contribution is -2.30. The van der Waals surface area contributed by atoms with Crippen molar-refractivity contribution >= 4 is 17.9 Å². The molecule has 0 N–H and O–H groups in total. The van der Waals surface area contributed by atoms with Crippen LogP contribution in [0.15, 0.2) is 109 Å². The van der Waals surface area contributed by atoms with Crippen LogP contribution in [0.4, 0.5) is 0 Å². The monoisotopic (exact) mass is 1080 g/mol. The van der Waals surface area contributed by atoms with E-state index in [-0.39, 0.29) is 31.1 Å². The van der Waals surface area contributed by atoms with Gasteiger partial charge in [0.2, 0.25) is 0 Å². The Morgan fingerprint density at radius 3 is 0.808 bits per heavy atom. The second kappa shape index (κ2) is 65.6. The summed E-state index contributed by atoms with van der Waals surface area (Å²) in [4.78, 5) is 38.4. The molecule has 0 amide bonds. The zero-order chi connectivity index (χ0) is 56.4. The third kappa shape index (κ3) is 62.9. The van der Waals surface area contributed by atoms with Crippen molar-refractivity contribution in [2.45, 2.75) is 316 Å².